The SMILES string of the molecule is Cc1ccc(COCN(C=O)/C(=C(\C(=O)N(C)O)C(C)C)c2cccc3ccccc23)c(F)c1. The third-order valence-electron chi connectivity index (χ3n) is 5.51. The lowest BCUT2D eigenvalue weighted by molar-refractivity contribution is -0.155. The summed E-state index contributed by atoms with van der Waals surface area (Å²) in [5, 5.41) is 12.2. The average Bonchev–Trinajstić information content (AvgIpc) is 2.81. The summed E-state index contributed by atoms with van der Waals surface area (Å²) >= 11 is 0. The highest BCUT2D eigenvalue weighted by Crippen LogP contribution is 2.33. The zero-order valence-corrected chi connectivity index (χ0v) is 19.8. The maximum Gasteiger partial charge on any atom is 0.275 e. The van der Waals surface area contributed by atoms with Gasteiger partial charge in [-0.05, 0) is 35.2 Å². The summed E-state index contributed by atoms with van der Waals surface area (Å²) in [6.45, 7) is 5.16. The molecular weight excluding hydrogens is 435 g/mol. The number of nitrogens with zero attached hydrogens (tertiary/aromatic N) is 2. The van der Waals surface area contributed by atoms with Gasteiger partial charge in [0.25, 0.3) is 5.91 Å². The van der Waals surface area contributed by atoms with E-state index in [0.717, 1.165) is 16.3 Å². The molecule has 0 aliphatic heterocycles. The van der Waals surface area contributed by atoms with Crippen molar-refractivity contribution in [1.82, 2.24) is 9.96 Å². The lowest BCUT2D eigenvalue weighted by Crippen LogP contribution is -2.32. The van der Waals surface area contributed by atoms with Gasteiger partial charge in [0.1, 0.15) is 12.5 Å². The first kappa shape index (κ1) is 25.1. The monoisotopic (exact) mass is 464 g/mol. The van der Waals surface area contributed by atoms with Gasteiger partial charge in [0.05, 0.1) is 12.3 Å². The maximum atomic E-state index is 14.2. The third-order valence-corrected chi connectivity index (χ3v) is 5.51. The molecule has 0 atom stereocenters. The van der Waals surface area contributed by atoms with E-state index in [1.54, 1.807) is 19.1 Å². The first-order valence-corrected chi connectivity index (χ1v) is 11.0. The minimum absolute atomic E-state index is 0.0515. The van der Waals surface area contributed by atoms with Crippen LogP contribution in [-0.4, -0.2) is 41.3 Å². The van der Waals surface area contributed by atoms with Crippen molar-refractivity contribution in [2.45, 2.75) is 27.4 Å². The van der Waals surface area contributed by atoms with Crippen molar-refractivity contribution in [2.75, 3.05) is 13.8 Å². The Balaban J connectivity index is 2.08. The van der Waals surface area contributed by atoms with Gasteiger partial charge in [0.15, 0.2) is 0 Å². The van der Waals surface area contributed by atoms with E-state index in [1.165, 1.54) is 18.0 Å². The molecular formula is C27H29FN2O4. The van der Waals surface area contributed by atoms with E-state index in [4.69, 9.17) is 4.74 Å². The Bertz CT molecular complexity index is 1210. The van der Waals surface area contributed by atoms with Crippen LogP contribution in [0.1, 0.15) is 30.5 Å². The lowest BCUT2D eigenvalue weighted by Gasteiger charge is -2.28. The fraction of sp³-hybridized carbons (Fsp3) is 0.259. The van der Waals surface area contributed by atoms with Gasteiger partial charge in [0.2, 0.25) is 6.41 Å². The van der Waals surface area contributed by atoms with Gasteiger partial charge in [-0.15, -0.1) is 0 Å². The number of hydroxylamine groups is 2. The smallest absolute Gasteiger partial charge is 0.275 e. The minimum atomic E-state index is -0.630. The van der Waals surface area contributed by atoms with E-state index in [9.17, 15) is 19.2 Å². The molecule has 0 heterocycles. The van der Waals surface area contributed by atoms with Crippen molar-refractivity contribution < 1.29 is 23.9 Å². The molecule has 3 aromatic rings. The number of carbonyl (C=O) groups is 2. The standard InChI is InChI=1S/C27H29FN2O4/c1-18(2)25(27(32)29(4)33)26(23-11-7-9-20-8-5-6-10-22(20)23)30(16-31)17-34-15-21-13-12-19(3)14-24(21)28/h5-14,16,18,33H,15,17H2,1-4H3/b26-25-. The van der Waals surface area contributed by atoms with Crippen molar-refractivity contribution in [1.29, 1.82) is 0 Å². The molecule has 0 aliphatic rings. The van der Waals surface area contributed by atoms with Crippen LogP contribution >= 0.6 is 0 Å². The Morgan fingerprint density at radius 3 is 2.47 bits per heavy atom. The van der Waals surface area contributed by atoms with Gasteiger partial charge in [-0.2, -0.15) is 0 Å². The highest BCUT2D eigenvalue weighted by Gasteiger charge is 2.27. The summed E-state index contributed by atoms with van der Waals surface area (Å²) in [4.78, 5) is 26.6. The first-order chi connectivity index (χ1) is 16.2. The molecule has 1 N–H and O–H groups in total. The van der Waals surface area contributed by atoms with Crippen LogP contribution in [0, 0.1) is 18.7 Å². The second kappa shape index (κ2) is 11.0. The topological polar surface area (TPSA) is 70.1 Å². The third kappa shape index (κ3) is 5.50. The zero-order chi connectivity index (χ0) is 24.8. The fourth-order valence-corrected chi connectivity index (χ4v) is 3.85. The number of aryl methyl sites for hydroxylation is 1. The van der Waals surface area contributed by atoms with Crippen LogP contribution < -0.4 is 0 Å². The Morgan fingerprint density at radius 1 is 1.12 bits per heavy atom. The van der Waals surface area contributed by atoms with Crippen LogP contribution in [0.4, 0.5) is 4.39 Å². The largest absolute Gasteiger partial charge is 0.356 e. The van der Waals surface area contributed by atoms with Gasteiger partial charge >= 0.3 is 0 Å². The van der Waals surface area contributed by atoms with Gasteiger partial charge in [-0.3, -0.25) is 19.7 Å². The molecule has 0 aliphatic carbocycles. The van der Waals surface area contributed by atoms with Crippen LogP contribution in [0.3, 0.4) is 0 Å². The first-order valence-electron chi connectivity index (χ1n) is 11.0. The molecule has 7 heteroatoms. The van der Waals surface area contributed by atoms with E-state index in [0.29, 0.717) is 28.3 Å². The number of fused-ring (bicyclic) bond motifs is 1. The number of ether oxygens (including phenoxy) is 1. The highest BCUT2D eigenvalue weighted by molar-refractivity contribution is 6.05. The van der Waals surface area contributed by atoms with Crippen molar-refractivity contribution in [3.05, 3.63) is 88.7 Å². The zero-order valence-electron chi connectivity index (χ0n) is 19.8. The number of halogens is 1. The van der Waals surface area contributed by atoms with Crippen LogP contribution in [0.15, 0.2) is 66.2 Å². The van der Waals surface area contributed by atoms with E-state index in [1.807, 2.05) is 56.3 Å². The Morgan fingerprint density at radius 2 is 1.82 bits per heavy atom. The molecule has 0 saturated heterocycles. The molecule has 0 bridgehead atoms. The number of likely N-dealkylation sites (N-methyl/N-ethyl adjacent to an activating group) is 1. The van der Waals surface area contributed by atoms with Gasteiger partial charge in [-0.25, -0.2) is 9.45 Å². The molecule has 0 fully saturated rings. The molecule has 34 heavy (non-hydrogen) atoms. The number of rotatable bonds is 9. The summed E-state index contributed by atoms with van der Waals surface area (Å²) in [5.74, 6) is -1.34. The molecule has 3 aromatic carbocycles. The predicted octanol–water partition coefficient (Wildman–Crippen LogP) is 5.13. The van der Waals surface area contributed by atoms with E-state index < -0.39 is 5.91 Å². The summed E-state index contributed by atoms with van der Waals surface area (Å²) in [7, 11) is 1.24. The molecule has 0 spiro atoms. The van der Waals surface area contributed by atoms with Gasteiger partial charge < -0.3 is 4.74 Å². The molecule has 0 saturated carbocycles. The van der Waals surface area contributed by atoms with Crippen LogP contribution in [0.25, 0.3) is 16.5 Å². The van der Waals surface area contributed by atoms with E-state index >= 15 is 0 Å². The Hall–Kier alpha value is -3.55. The highest BCUT2D eigenvalue weighted by atomic mass is 19.1. The number of carbonyl (C=O) groups excluding carboxylic acids is 2. The van der Waals surface area contributed by atoms with E-state index in [-0.39, 0.29) is 30.6 Å². The maximum absolute atomic E-state index is 14.2. The average molecular weight is 465 g/mol. The molecule has 0 aromatic heterocycles. The second-order valence-electron chi connectivity index (χ2n) is 8.42. The fourth-order valence-electron chi connectivity index (χ4n) is 3.85. The minimum Gasteiger partial charge on any atom is -0.356 e. The number of amides is 2. The summed E-state index contributed by atoms with van der Waals surface area (Å²) in [6.07, 6.45) is 0.579. The number of hydrogen-bond acceptors (Lipinski definition) is 4. The number of hydrogen-bond donors (Lipinski definition) is 1. The van der Waals surface area contributed by atoms with Crippen molar-refractivity contribution in [3.8, 4) is 0 Å². The summed E-state index contributed by atoms with van der Waals surface area (Å²) < 4.78 is 19.9. The molecule has 178 valence electrons. The Labute approximate surface area is 198 Å². The molecule has 6 nitrogen and oxygen atoms in total. The van der Waals surface area contributed by atoms with E-state index in [2.05, 4.69) is 0 Å². The molecule has 0 radical (unpaired) electrons. The number of benzene rings is 3. The van der Waals surface area contributed by atoms with Crippen molar-refractivity contribution in [2.24, 2.45) is 5.92 Å². The molecule has 2 amide bonds. The summed E-state index contributed by atoms with van der Waals surface area (Å²) in [5.41, 5.74) is 2.39. The normalized spacial score (nSPS) is 12.0. The molecule has 0 unspecified atom stereocenters. The quantitative estimate of drug-likeness (QED) is 0.157. The van der Waals surface area contributed by atoms with Crippen LogP contribution in [-0.2, 0) is 20.9 Å². The van der Waals surface area contributed by atoms with Crippen molar-refractivity contribution in [3.63, 3.8) is 0 Å². The van der Waals surface area contributed by atoms with Gasteiger partial charge in [0, 0.05) is 23.7 Å². The van der Waals surface area contributed by atoms with Crippen LogP contribution in [0.2, 0.25) is 0 Å². The predicted molar refractivity (Wildman–Crippen MR) is 129 cm³/mol. The van der Waals surface area contributed by atoms with Gasteiger partial charge in [-0.1, -0.05) is 68.4 Å². The lowest BCUT2D eigenvalue weighted by atomic mass is 9.92. The second-order valence-corrected chi connectivity index (χ2v) is 8.42. The van der Waals surface area contributed by atoms with Crippen LogP contribution in [0.5, 0.6) is 0 Å². The van der Waals surface area contributed by atoms with Crippen molar-refractivity contribution >= 4 is 28.8 Å². The molecule has 3 rings (SSSR count). The summed E-state index contributed by atoms with van der Waals surface area (Å²) in [6, 6.07) is 18.1. The Kier molecular flexibility index (Phi) is 8.15.